The van der Waals surface area contributed by atoms with E-state index in [1.807, 2.05) is 0 Å². The smallest absolute Gasteiger partial charge is 0.356 e. The lowest BCUT2D eigenvalue weighted by atomic mass is 10.0. The minimum atomic E-state index is -1.17. The van der Waals surface area contributed by atoms with E-state index in [0.29, 0.717) is 32.0 Å². The second-order valence-electron chi connectivity index (χ2n) is 4.89. The maximum absolute atomic E-state index is 11.2. The third-order valence-corrected chi connectivity index (χ3v) is 4.10. The van der Waals surface area contributed by atoms with Gasteiger partial charge in [-0.1, -0.05) is 46.9 Å². The summed E-state index contributed by atoms with van der Waals surface area (Å²) in [5.41, 5.74) is 1.97. The minimum absolute atomic E-state index is 0.172. The maximum atomic E-state index is 11.2. The molecule has 0 spiro atoms. The minimum Gasteiger partial charge on any atom is -0.476 e. The van der Waals surface area contributed by atoms with Crippen molar-refractivity contribution in [1.82, 2.24) is 9.97 Å². The molecule has 1 N–H and O–H groups in total. The highest BCUT2D eigenvalue weighted by atomic mass is 35.5. The van der Waals surface area contributed by atoms with Gasteiger partial charge in [-0.2, -0.15) is 0 Å². The van der Waals surface area contributed by atoms with E-state index in [4.69, 9.17) is 34.8 Å². The third kappa shape index (κ3) is 3.36. The average molecular weight is 380 g/mol. The van der Waals surface area contributed by atoms with Crippen LogP contribution in [-0.2, 0) is 0 Å². The van der Waals surface area contributed by atoms with Crippen molar-refractivity contribution in [2.45, 2.75) is 0 Å². The Balaban J connectivity index is 2.26. The van der Waals surface area contributed by atoms with Gasteiger partial charge >= 0.3 is 5.97 Å². The van der Waals surface area contributed by atoms with E-state index >= 15 is 0 Å². The van der Waals surface area contributed by atoms with Crippen molar-refractivity contribution in [2.24, 2.45) is 0 Å². The van der Waals surface area contributed by atoms with Gasteiger partial charge in [0.25, 0.3) is 0 Å². The molecule has 0 amide bonds. The topological polar surface area (TPSA) is 63.1 Å². The van der Waals surface area contributed by atoms with Gasteiger partial charge in [0.05, 0.1) is 22.6 Å². The number of aromatic carboxylic acids is 1. The lowest BCUT2D eigenvalue weighted by Crippen LogP contribution is -2.04. The van der Waals surface area contributed by atoms with Crippen molar-refractivity contribution in [2.75, 3.05) is 0 Å². The van der Waals surface area contributed by atoms with E-state index in [9.17, 15) is 9.90 Å². The summed E-state index contributed by atoms with van der Waals surface area (Å²) >= 11 is 18.1. The molecule has 7 heteroatoms. The zero-order valence-electron chi connectivity index (χ0n) is 12.0. The Morgan fingerprint density at radius 3 is 2.21 bits per heavy atom. The molecule has 0 saturated carbocycles. The Morgan fingerprint density at radius 1 is 0.917 bits per heavy atom. The van der Waals surface area contributed by atoms with Gasteiger partial charge in [-0.15, -0.1) is 0 Å². The van der Waals surface area contributed by atoms with Crippen LogP contribution in [0.1, 0.15) is 10.5 Å². The predicted molar refractivity (Wildman–Crippen MR) is 94.9 cm³/mol. The van der Waals surface area contributed by atoms with Gasteiger partial charge in [-0.3, -0.25) is 4.98 Å². The van der Waals surface area contributed by atoms with Gasteiger partial charge < -0.3 is 5.11 Å². The molecule has 0 unspecified atom stereocenters. The monoisotopic (exact) mass is 378 g/mol. The van der Waals surface area contributed by atoms with E-state index in [1.165, 1.54) is 6.20 Å². The SMILES string of the molecule is O=C(O)c1cnc(-c2ccc(Cl)cc2)c(-c2ccc(Cl)cc2Cl)n1. The summed E-state index contributed by atoms with van der Waals surface area (Å²) in [4.78, 5) is 19.7. The lowest BCUT2D eigenvalue weighted by Gasteiger charge is -2.11. The summed E-state index contributed by atoms with van der Waals surface area (Å²) in [5.74, 6) is -1.17. The fraction of sp³-hybridized carbons (Fsp3) is 0. The molecule has 24 heavy (non-hydrogen) atoms. The molecule has 3 rings (SSSR count). The quantitative estimate of drug-likeness (QED) is 0.655. The van der Waals surface area contributed by atoms with Gasteiger partial charge in [0, 0.05) is 21.2 Å². The van der Waals surface area contributed by atoms with Crippen molar-refractivity contribution < 1.29 is 9.90 Å². The van der Waals surface area contributed by atoms with Crippen molar-refractivity contribution in [3.63, 3.8) is 0 Å². The van der Waals surface area contributed by atoms with Crippen LogP contribution >= 0.6 is 34.8 Å². The standard InChI is InChI=1S/C17H9Cl3N2O2/c18-10-3-1-9(2-4-10)15-16(22-14(8-21-15)17(23)24)12-6-5-11(19)7-13(12)20/h1-8H,(H,23,24). The van der Waals surface area contributed by atoms with Gasteiger partial charge in [-0.25, -0.2) is 9.78 Å². The van der Waals surface area contributed by atoms with Crippen molar-refractivity contribution >= 4 is 40.8 Å². The highest BCUT2D eigenvalue weighted by Gasteiger charge is 2.17. The number of nitrogens with zero attached hydrogens (tertiary/aromatic N) is 2. The summed E-state index contributed by atoms with van der Waals surface area (Å²) in [6, 6.07) is 11.9. The number of carbonyl (C=O) groups is 1. The summed E-state index contributed by atoms with van der Waals surface area (Å²) < 4.78 is 0. The number of aromatic nitrogens is 2. The Kier molecular flexibility index (Phi) is 4.71. The van der Waals surface area contributed by atoms with Gasteiger partial charge in [0.15, 0.2) is 5.69 Å². The Morgan fingerprint density at radius 2 is 1.58 bits per heavy atom. The normalized spacial score (nSPS) is 10.6. The number of carboxylic acids is 1. The number of hydrogen-bond acceptors (Lipinski definition) is 3. The number of hydrogen-bond donors (Lipinski definition) is 1. The molecule has 120 valence electrons. The molecule has 0 aliphatic carbocycles. The number of halogens is 3. The van der Waals surface area contributed by atoms with Crippen LogP contribution in [0.4, 0.5) is 0 Å². The molecular formula is C17H9Cl3N2O2. The van der Waals surface area contributed by atoms with Crippen molar-refractivity contribution in [3.05, 3.63) is 69.4 Å². The fourth-order valence-electron chi connectivity index (χ4n) is 2.18. The summed E-state index contributed by atoms with van der Waals surface area (Å²) in [7, 11) is 0. The maximum Gasteiger partial charge on any atom is 0.356 e. The van der Waals surface area contributed by atoms with Crippen LogP contribution in [-0.4, -0.2) is 21.0 Å². The Hall–Kier alpha value is -2.14. The lowest BCUT2D eigenvalue weighted by molar-refractivity contribution is 0.0690. The predicted octanol–water partition coefficient (Wildman–Crippen LogP) is 5.47. The van der Waals surface area contributed by atoms with Crippen LogP contribution in [0.5, 0.6) is 0 Å². The molecule has 4 nitrogen and oxygen atoms in total. The second-order valence-corrected chi connectivity index (χ2v) is 6.17. The molecule has 0 aliphatic rings. The van der Waals surface area contributed by atoms with E-state index in [2.05, 4.69) is 9.97 Å². The van der Waals surface area contributed by atoms with Crippen LogP contribution in [0.15, 0.2) is 48.7 Å². The first-order chi connectivity index (χ1) is 11.5. The number of benzene rings is 2. The van der Waals surface area contributed by atoms with E-state index in [1.54, 1.807) is 42.5 Å². The van der Waals surface area contributed by atoms with Crippen LogP contribution in [0, 0.1) is 0 Å². The van der Waals surface area contributed by atoms with Gasteiger partial charge in [0.1, 0.15) is 0 Å². The first-order valence-electron chi connectivity index (χ1n) is 6.77. The molecule has 0 aliphatic heterocycles. The highest BCUT2D eigenvalue weighted by molar-refractivity contribution is 6.36. The molecule has 0 saturated heterocycles. The zero-order valence-corrected chi connectivity index (χ0v) is 14.3. The molecule has 0 fully saturated rings. The molecule has 0 atom stereocenters. The second kappa shape index (κ2) is 6.77. The summed E-state index contributed by atoms with van der Waals surface area (Å²) in [6.45, 7) is 0. The zero-order chi connectivity index (χ0) is 17.3. The van der Waals surface area contributed by atoms with Crippen LogP contribution < -0.4 is 0 Å². The van der Waals surface area contributed by atoms with Crippen LogP contribution in [0.2, 0.25) is 15.1 Å². The first kappa shape index (κ1) is 16.7. The van der Waals surface area contributed by atoms with E-state index in [0.717, 1.165) is 5.56 Å². The third-order valence-electron chi connectivity index (χ3n) is 3.30. The van der Waals surface area contributed by atoms with Crippen LogP contribution in [0.25, 0.3) is 22.5 Å². The largest absolute Gasteiger partial charge is 0.476 e. The Bertz CT molecular complexity index is 928. The molecular weight excluding hydrogens is 371 g/mol. The average Bonchev–Trinajstić information content (AvgIpc) is 2.55. The molecule has 3 aromatic rings. The van der Waals surface area contributed by atoms with Gasteiger partial charge in [-0.05, 0) is 30.3 Å². The fourth-order valence-corrected chi connectivity index (χ4v) is 2.80. The molecule has 0 radical (unpaired) electrons. The Labute approximate surface area is 152 Å². The summed E-state index contributed by atoms with van der Waals surface area (Å²) in [5, 5.41) is 10.6. The molecule has 2 aromatic carbocycles. The van der Waals surface area contributed by atoms with Crippen molar-refractivity contribution in [3.8, 4) is 22.5 Å². The van der Waals surface area contributed by atoms with E-state index < -0.39 is 5.97 Å². The summed E-state index contributed by atoms with van der Waals surface area (Å²) in [6.07, 6.45) is 1.21. The number of rotatable bonds is 3. The first-order valence-corrected chi connectivity index (χ1v) is 7.91. The molecule has 0 bridgehead atoms. The van der Waals surface area contributed by atoms with Crippen LogP contribution in [0.3, 0.4) is 0 Å². The van der Waals surface area contributed by atoms with Gasteiger partial charge in [0.2, 0.25) is 0 Å². The molecule has 1 heterocycles. The van der Waals surface area contributed by atoms with Crippen molar-refractivity contribution in [1.29, 1.82) is 0 Å². The highest BCUT2D eigenvalue weighted by Crippen LogP contribution is 2.35. The molecule has 1 aromatic heterocycles. The number of carboxylic acid groups (broad SMARTS) is 1. The van der Waals surface area contributed by atoms with E-state index in [-0.39, 0.29) is 5.69 Å².